The number of rotatable bonds is 2. The Morgan fingerprint density at radius 1 is 0.724 bits per heavy atom. The number of ether oxygens (including phenoxy) is 1. The van der Waals surface area contributed by atoms with Crippen molar-refractivity contribution in [2.24, 2.45) is 0 Å². The molecule has 0 fully saturated rings. The van der Waals surface area contributed by atoms with Gasteiger partial charge in [0.2, 0.25) is 0 Å². The van der Waals surface area contributed by atoms with Crippen LogP contribution in [0.2, 0.25) is 0 Å². The van der Waals surface area contributed by atoms with Crippen LogP contribution in [0.15, 0.2) is 0 Å². The van der Waals surface area contributed by atoms with Crippen molar-refractivity contribution in [3.8, 4) is 11.1 Å². The highest BCUT2D eigenvalue weighted by Gasteiger charge is 2.34. The van der Waals surface area contributed by atoms with E-state index in [-0.39, 0.29) is 0 Å². The van der Waals surface area contributed by atoms with Crippen molar-refractivity contribution >= 4 is 17.5 Å². The van der Waals surface area contributed by atoms with E-state index in [1.54, 1.807) is 0 Å². The number of carbonyl (C=O) groups excluding carboxylic acids is 1. The summed E-state index contributed by atoms with van der Waals surface area (Å²) in [5.74, 6) is -18.7. The smallest absolute Gasteiger partial charge is 0.412 e. The van der Waals surface area contributed by atoms with Gasteiger partial charge in [-0.1, -0.05) is 0 Å². The molecule has 12 heteroatoms. The van der Waals surface area contributed by atoms with E-state index in [1.807, 2.05) is 0 Å². The van der Waals surface area contributed by atoms with E-state index in [2.05, 4.69) is 4.74 Å². The third kappa shape index (κ3) is 3.91. The average Bonchev–Trinajstić information content (AvgIpc) is 2.61. The van der Waals surface area contributed by atoms with Crippen molar-refractivity contribution in [3.05, 3.63) is 46.5 Å². The van der Waals surface area contributed by atoms with E-state index >= 15 is 0 Å². The zero-order valence-electron chi connectivity index (χ0n) is 14.9. The summed E-state index contributed by atoms with van der Waals surface area (Å²) in [6.07, 6.45) is -1.51. The van der Waals surface area contributed by atoms with E-state index in [0.717, 1.165) is 0 Å². The van der Waals surface area contributed by atoms with Crippen LogP contribution in [0, 0.1) is 46.5 Å². The Labute approximate surface area is 158 Å². The van der Waals surface area contributed by atoms with Crippen molar-refractivity contribution < 1.29 is 44.7 Å². The van der Waals surface area contributed by atoms with Gasteiger partial charge < -0.3 is 10.5 Å². The van der Waals surface area contributed by atoms with Gasteiger partial charge in [0.05, 0.1) is 11.1 Å². The van der Waals surface area contributed by atoms with Gasteiger partial charge in [-0.05, 0) is 20.8 Å². The maximum atomic E-state index is 14.3. The molecule has 0 atom stereocenters. The minimum atomic E-state index is -2.43. The zero-order chi connectivity index (χ0) is 22.4. The second-order valence-corrected chi connectivity index (χ2v) is 6.68. The molecule has 0 spiro atoms. The Bertz CT molecular complexity index is 960. The molecule has 0 aliphatic carbocycles. The fourth-order valence-electron chi connectivity index (χ4n) is 2.23. The zero-order valence-corrected chi connectivity index (χ0v) is 14.9. The normalized spacial score (nSPS) is 11.6. The molecule has 0 saturated heterocycles. The average molecular weight is 428 g/mol. The molecule has 2 rings (SSSR count). The largest absolute Gasteiger partial charge is 0.444 e. The third-order valence-corrected chi connectivity index (χ3v) is 3.44. The van der Waals surface area contributed by atoms with Crippen LogP contribution in [0.25, 0.3) is 11.1 Å². The first kappa shape index (κ1) is 22.2. The maximum Gasteiger partial charge on any atom is 0.412 e. The second kappa shape index (κ2) is 7.41. The van der Waals surface area contributed by atoms with E-state index in [1.165, 1.54) is 26.1 Å². The van der Waals surface area contributed by atoms with Crippen molar-refractivity contribution in [1.29, 1.82) is 0 Å². The van der Waals surface area contributed by atoms with Gasteiger partial charge >= 0.3 is 6.09 Å². The van der Waals surface area contributed by atoms with Crippen molar-refractivity contribution in [3.63, 3.8) is 0 Å². The molecule has 0 unspecified atom stereocenters. The number of nitrogens with two attached hydrogens (primary N) is 1. The van der Waals surface area contributed by atoms with Gasteiger partial charge in [-0.2, -0.15) is 0 Å². The number of carbonyl (C=O) groups is 1. The third-order valence-electron chi connectivity index (χ3n) is 3.44. The SMILES string of the molecule is CC(C)(C)OC(=O)Nc1c(F)c(F)c(-c2c(F)c(F)c(N)c(F)c2F)c(F)c1F. The van der Waals surface area contributed by atoms with Crippen LogP contribution >= 0.6 is 0 Å². The van der Waals surface area contributed by atoms with Crippen LogP contribution in [-0.2, 0) is 4.74 Å². The van der Waals surface area contributed by atoms with Crippen LogP contribution < -0.4 is 11.1 Å². The van der Waals surface area contributed by atoms with Crippen LogP contribution in [0.3, 0.4) is 0 Å². The second-order valence-electron chi connectivity index (χ2n) is 6.68. The molecule has 2 aromatic carbocycles. The van der Waals surface area contributed by atoms with Crippen molar-refractivity contribution in [2.45, 2.75) is 26.4 Å². The van der Waals surface area contributed by atoms with Crippen molar-refractivity contribution in [2.75, 3.05) is 11.1 Å². The summed E-state index contributed by atoms with van der Waals surface area (Å²) in [4.78, 5) is 11.6. The highest BCUT2D eigenvalue weighted by Crippen LogP contribution is 2.39. The topological polar surface area (TPSA) is 64.3 Å². The fraction of sp³-hybridized carbons (Fsp3) is 0.235. The predicted octanol–water partition coefficient (Wildman–Crippen LogP) is 5.40. The lowest BCUT2D eigenvalue weighted by atomic mass is 10.00. The van der Waals surface area contributed by atoms with Crippen LogP contribution in [-0.4, -0.2) is 11.7 Å². The molecule has 0 radical (unpaired) electrons. The van der Waals surface area contributed by atoms with Gasteiger partial charge in [0.15, 0.2) is 46.5 Å². The first-order chi connectivity index (χ1) is 13.2. The first-order valence-corrected chi connectivity index (χ1v) is 7.66. The number of nitrogen functional groups attached to an aromatic ring is 1. The minimum Gasteiger partial charge on any atom is -0.444 e. The van der Waals surface area contributed by atoms with E-state index in [9.17, 15) is 39.9 Å². The number of hydrogen-bond donors (Lipinski definition) is 2. The van der Waals surface area contributed by atoms with Crippen molar-refractivity contribution in [1.82, 2.24) is 0 Å². The summed E-state index contributed by atoms with van der Waals surface area (Å²) in [6.45, 7) is 4.12. The molecule has 3 N–H and O–H groups in total. The van der Waals surface area contributed by atoms with E-state index < -0.39 is 80.7 Å². The summed E-state index contributed by atoms with van der Waals surface area (Å²) in [7, 11) is 0. The molecule has 0 aromatic heterocycles. The lowest BCUT2D eigenvalue weighted by molar-refractivity contribution is 0.0634. The summed E-state index contributed by atoms with van der Waals surface area (Å²) in [6, 6.07) is 0. The van der Waals surface area contributed by atoms with Crippen LogP contribution in [0.5, 0.6) is 0 Å². The van der Waals surface area contributed by atoms with Gasteiger partial charge in [-0.25, -0.2) is 39.9 Å². The molecule has 0 aliphatic rings. The summed E-state index contributed by atoms with van der Waals surface area (Å²) in [5.41, 5.74) is -3.86. The molecule has 0 heterocycles. The Kier molecular flexibility index (Phi) is 5.68. The number of anilines is 2. The Morgan fingerprint density at radius 2 is 1.07 bits per heavy atom. The molecule has 1 amide bonds. The number of hydrogen-bond acceptors (Lipinski definition) is 3. The molecular weight excluding hydrogens is 416 g/mol. The molecular formula is C17H12F8N2O2. The predicted molar refractivity (Wildman–Crippen MR) is 85.8 cm³/mol. The quantitative estimate of drug-likeness (QED) is 0.383. The van der Waals surface area contributed by atoms with Crippen LogP contribution in [0.4, 0.5) is 51.3 Å². The first-order valence-electron chi connectivity index (χ1n) is 7.66. The van der Waals surface area contributed by atoms with Gasteiger partial charge in [0.1, 0.15) is 17.0 Å². The molecule has 29 heavy (non-hydrogen) atoms. The lowest BCUT2D eigenvalue weighted by Gasteiger charge is -2.20. The van der Waals surface area contributed by atoms with Gasteiger partial charge in [-0.15, -0.1) is 0 Å². The van der Waals surface area contributed by atoms with E-state index in [0.29, 0.717) is 0 Å². The Hall–Kier alpha value is -3.05. The molecule has 0 bridgehead atoms. The summed E-state index contributed by atoms with van der Waals surface area (Å²) >= 11 is 0. The fourth-order valence-corrected chi connectivity index (χ4v) is 2.23. The summed E-state index contributed by atoms with van der Waals surface area (Å²) in [5, 5.41) is 1.41. The maximum absolute atomic E-state index is 14.3. The standard InChI is InChI=1S/C17H12F8N2O2/c1-17(2,3)29-16(28)27-15-12(24)8(20)5(9(21)13(15)25)4-6(18)10(22)14(26)11(23)7(4)19/h26H2,1-3H3,(H,27,28). The highest BCUT2D eigenvalue weighted by atomic mass is 19.2. The Morgan fingerprint density at radius 3 is 1.41 bits per heavy atom. The molecule has 4 nitrogen and oxygen atoms in total. The Balaban J connectivity index is 2.73. The molecule has 2 aromatic rings. The number of halogens is 8. The lowest BCUT2D eigenvalue weighted by Crippen LogP contribution is -2.28. The van der Waals surface area contributed by atoms with Gasteiger partial charge in [0.25, 0.3) is 0 Å². The van der Waals surface area contributed by atoms with Gasteiger partial charge in [-0.3, -0.25) is 5.32 Å². The monoisotopic (exact) mass is 428 g/mol. The van der Waals surface area contributed by atoms with Crippen LogP contribution in [0.1, 0.15) is 20.8 Å². The summed E-state index contributed by atoms with van der Waals surface area (Å²) < 4.78 is 117. The van der Waals surface area contributed by atoms with E-state index in [4.69, 9.17) is 5.73 Å². The van der Waals surface area contributed by atoms with Gasteiger partial charge in [0, 0.05) is 0 Å². The molecule has 0 aliphatic heterocycles. The minimum absolute atomic E-state index is 1.15. The number of nitrogens with one attached hydrogen (secondary N) is 1. The highest BCUT2D eigenvalue weighted by molar-refractivity contribution is 5.86. The number of benzene rings is 2. The molecule has 158 valence electrons. The number of amides is 1. The molecule has 0 saturated carbocycles.